The minimum Gasteiger partial charge on any atom is -0.504 e. The molecule has 0 saturated heterocycles. The van der Waals surface area contributed by atoms with Gasteiger partial charge in [0.25, 0.3) is 0 Å². The fraction of sp³-hybridized carbons (Fsp3) is 0.718. The molecule has 5 aliphatic carbocycles. The minimum atomic E-state index is -0.454. The van der Waals surface area contributed by atoms with Gasteiger partial charge in [-0.1, -0.05) is 66.2 Å². The van der Waals surface area contributed by atoms with Crippen LogP contribution >= 0.6 is 0 Å². The Hall–Kier alpha value is -2.31. The Kier molecular flexibility index (Phi) is 7.88. The quantitative estimate of drug-likeness (QED) is 0.119. The third kappa shape index (κ3) is 4.58. The number of aromatic hydroxyl groups is 2. The molecule has 6 rings (SSSR count). The minimum absolute atomic E-state index is 0.0270. The van der Waals surface area contributed by atoms with Gasteiger partial charge < -0.3 is 25.2 Å². The molecule has 0 amide bonds. The Bertz CT molecular complexity index is 1400. The fourth-order valence-electron chi connectivity index (χ4n) is 12.2. The molecule has 0 spiro atoms. The van der Waals surface area contributed by atoms with Crippen LogP contribution in [0, 0.1) is 56.7 Å². The van der Waals surface area contributed by atoms with Crippen molar-refractivity contribution in [2.45, 2.75) is 112 Å². The highest BCUT2D eigenvalue weighted by molar-refractivity contribution is 5.87. The van der Waals surface area contributed by atoms with Crippen molar-refractivity contribution in [3.8, 4) is 11.5 Å². The van der Waals surface area contributed by atoms with Gasteiger partial charge in [-0.05, 0) is 121 Å². The molecule has 45 heavy (non-hydrogen) atoms. The summed E-state index contributed by atoms with van der Waals surface area (Å²) in [5.41, 5.74) is 1.79. The third-order valence-corrected chi connectivity index (χ3v) is 15.1. The number of aliphatic hydroxyl groups excluding tert-OH is 2. The van der Waals surface area contributed by atoms with E-state index >= 15 is 0 Å². The molecule has 4 N–H and O–H groups in total. The highest BCUT2D eigenvalue weighted by atomic mass is 16.5. The maximum atomic E-state index is 13.0. The second-order valence-corrected chi connectivity index (χ2v) is 17.1. The van der Waals surface area contributed by atoms with Gasteiger partial charge in [-0.2, -0.15) is 0 Å². The molecule has 0 aliphatic heterocycles. The number of hydrogen-bond donors (Lipinski definition) is 4. The molecule has 6 heteroatoms. The number of carbonyl (C=O) groups excluding carboxylic acids is 1. The van der Waals surface area contributed by atoms with Crippen LogP contribution in [0.15, 0.2) is 35.9 Å². The van der Waals surface area contributed by atoms with Gasteiger partial charge in [-0.25, -0.2) is 4.79 Å². The van der Waals surface area contributed by atoms with E-state index in [0.717, 1.165) is 51.4 Å². The van der Waals surface area contributed by atoms with Crippen molar-refractivity contribution in [2.75, 3.05) is 6.61 Å². The summed E-state index contributed by atoms with van der Waals surface area (Å²) < 4.78 is 6.16. The number of hydrogen-bond acceptors (Lipinski definition) is 6. The van der Waals surface area contributed by atoms with Crippen LogP contribution in [0.2, 0.25) is 0 Å². The van der Waals surface area contributed by atoms with E-state index in [1.165, 1.54) is 23.8 Å². The van der Waals surface area contributed by atoms with Crippen molar-refractivity contribution >= 4 is 12.0 Å². The molecule has 5 aliphatic rings. The molecule has 0 unspecified atom stereocenters. The first-order valence-electron chi connectivity index (χ1n) is 17.5. The Morgan fingerprint density at radius 1 is 0.978 bits per heavy atom. The average Bonchev–Trinajstić information content (AvgIpc) is 2.98. The van der Waals surface area contributed by atoms with Gasteiger partial charge >= 0.3 is 5.97 Å². The van der Waals surface area contributed by atoms with Gasteiger partial charge in [0, 0.05) is 16.9 Å². The number of fused-ring (bicyclic) bond motifs is 7. The number of phenolic OH excluding ortho intramolecular Hbond substituents is 2. The van der Waals surface area contributed by atoms with E-state index in [1.54, 1.807) is 12.1 Å². The van der Waals surface area contributed by atoms with Gasteiger partial charge in [0.15, 0.2) is 11.5 Å². The molecule has 1 aromatic rings. The highest BCUT2D eigenvalue weighted by Crippen LogP contribution is 2.75. The molecule has 0 aromatic heterocycles. The molecule has 1 aromatic carbocycles. The second kappa shape index (κ2) is 10.9. The molecule has 0 heterocycles. The third-order valence-electron chi connectivity index (χ3n) is 15.1. The first-order valence-corrected chi connectivity index (χ1v) is 17.5. The number of phenols is 2. The van der Waals surface area contributed by atoms with Gasteiger partial charge in [-0.15, -0.1) is 0 Å². The van der Waals surface area contributed by atoms with Crippen molar-refractivity contribution in [3.05, 3.63) is 41.5 Å². The molecule has 0 bridgehead atoms. The van der Waals surface area contributed by atoms with Crippen molar-refractivity contribution in [2.24, 2.45) is 56.7 Å². The first-order chi connectivity index (χ1) is 21.0. The van der Waals surface area contributed by atoms with Crippen LogP contribution in [0.3, 0.4) is 0 Å². The normalized spacial score (nSPS) is 45.4. The van der Waals surface area contributed by atoms with E-state index in [9.17, 15) is 25.2 Å². The maximum Gasteiger partial charge on any atom is 0.331 e. The van der Waals surface area contributed by atoms with Crippen molar-refractivity contribution < 1.29 is 30.0 Å². The van der Waals surface area contributed by atoms with E-state index < -0.39 is 11.5 Å². The standard InChI is InChI=1S/C39H56O6/c1-23-20-31(43)39(22-40)19-18-37(6)26(34(39)24(23)2)10-12-30-36(5)16-15-32(35(3,4)29(36)14-17-38(30,37)7)45-33(44)13-9-25-8-11-27(41)28(42)21-25/h8-11,13,21,23-24,29-32,34,40-43H,12,14-20,22H2,1-7H3/b13-9+/t23-,24+,29+,30-,31-,32+,34+,36+,37-,38-,39-/m1/s1. The number of aliphatic hydroxyl groups is 2. The lowest BCUT2D eigenvalue weighted by molar-refractivity contribution is -0.218. The number of ether oxygens (including phenoxy) is 1. The summed E-state index contributed by atoms with van der Waals surface area (Å²) in [6, 6.07) is 4.47. The van der Waals surface area contributed by atoms with Crippen LogP contribution in [0.1, 0.15) is 105 Å². The summed E-state index contributed by atoms with van der Waals surface area (Å²) >= 11 is 0. The summed E-state index contributed by atoms with van der Waals surface area (Å²) in [6.07, 6.45) is 12.7. The van der Waals surface area contributed by atoms with Gasteiger partial charge in [0.05, 0.1) is 12.7 Å². The van der Waals surface area contributed by atoms with Crippen LogP contribution in [0.4, 0.5) is 0 Å². The zero-order valence-corrected chi connectivity index (χ0v) is 28.5. The topological polar surface area (TPSA) is 107 Å². The molecular weight excluding hydrogens is 564 g/mol. The van der Waals surface area contributed by atoms with Crippen LogP contribution in [0.25, 0.3) is 6.08 Å². The fourth-order valence-corrected chi connectivity index (χ4v) is 12.2. The Morgan fingerprint density at radius 3 is 2.40 bits per heavy atom. The summed E-state index contributed by atoms with van der Waals surface area (Å²) in [6.45, 7) is 16.9. The second-order valence-electron chi connectivity index (χ2n) is 17.1. The predicted octanol–water partition coefficient (Wildman–Crippen LogP) is 7.64. The van der Waals surface area contributed by atoms with Crippen LogP contribution in [-0.4, -0.2) is 45.2 Å². The summed E-state index contributed by atoms with van der Waals surface area (Å²) in [5.74, 6) is 1.21. The predicted molar refractivity (Wildman–Crippen MR) is 176 cm³/mol. The van der Waals surface area contributed by atoms with Crippen LogP contribution in [-0.2, 0) is 9.53 Å². The molecule has 248 valence electrons. The first kappa shape index (κ1) is 32.6. The monoisotopic (exact) mass is 620 g/mol. The lowest BCUT2D eigenvalue weighted by Gasteiger charge is -2.72. The zero-order chi connectivity index (χ0) is 32.7. The maximum absolute atomic E-state index is 13.0. The van der Waals surface area contributed by atoms with Crippen molar-refractivity contribution in [3.63, 3.8) is 0 Å². The number of benzene rings is 1. The molecular formula is C39H56O6. The zero-order valence-electron chi connectivity index (χ0n) is 28.5. The SMILES string of the molecule is C[C@H]1[C@H](C)C[C@@H](O)[C@]2(CO)CC[C@]3(C)C(=CC[C@@H]4[C@@]5(C)CC[C@H](OC(=O)/C=C/c6ccc(O)c(O)c6)C(C)(C)[C@@H]5CC[C@]43C)[C@H]12. The summed E-state index contributed by atoms with van der Waals surface area (Å²) in [5, 5.41) is 41.6. The van der Waals surface area contributed by atoms with Gasteiger partial charge in [0.1, 0.15) is 6.10 Å². The summed E-state index contributed by atoms with van der Waals surface area (Å²) in [4.78, 5) is 13.0. The highest BCUT2D eigenvalue weighted by Gasteiger charge is 2.69. The Labute approximate surface area is 270 Å². The van der Waals surface area contributed by atoms with Crippen LogP contribution < -0.4 is 0 Å². The van der Waals surface area contributed by atoms with E-state index in [2.05, 4.69) is 54.5 Å². The average molecular weight is 621 g/mol. The van der Waals surface area contributed by atoms with Crippen LogP contribution in [0.5, 0.6) is 11.5 Å². The number of rotatable bonds is 4. The molecule has 4 fully saturated rings. The number of esters is 1. The molecule has 6 nitrogen and oxygen atoms in total. The van der Waals surface area contributed by atoms with E-state index in [0.29, 0.717) is 29.2 Å². The molecule has 4 saturated carbocycles. The Morgan fingerprint density at radius 2 is 1.71 bits per heavy atom. The number of allylic oxidation sites excluding steroid dienone is 2. The van der Waals surface area contributed by atoms with Crippen molar-refractivity contribution in [1.82, 2.24) is 0 Å². The van der Waals surface area contributed by atoms with E-state index in [1.807, 2.05) is 0 Å². The smallest absolute Gasteiger partial charge is 0.331 e. The van der Waals surface area contributed by atoms with Gasteiger partial charge in [-0.3, -0.25) is 0 Å². The lowest BCUT2D eigenvalue weighted by atomic mass is 9.33. The Balaban J connectivity index is 1.26. The summed E-state index contributed by atoms with van der Waals surface area (Å²) in [7, 11) is 0. The largest absolute Gasteiger partial charge is 0.504 e. The number of carbonyl (C=O) groups is 1. The van der Waals surface area contributed by atoms with Crippen molar-refractivity contribution in [1.29, 1.82) is 0 Å². The molecule has 0 radical (unpaired) electrons. The van der Waals surface area contributed by atoms with Gasteiger partial charge in [0.2, 0.25) is 0 Å². The lowest BCUT2D eigenvalue weighted by Crippen LogP contribution is -2.66. The van der Waals surface area contributed by atoms with E-state index in [4.69, 9.17) is 4.74 Å². The van der Waals surface area contributed by atoms with E-state index in [-0.39, 0.29) is 57.8 Å². The molecule has 11 atom stereocenters.